The van der Waals surface area contributed by atoms with Crippen LogP contribution < -0.4 is 0 Å². The number of hydrogen-bond donors (Lipinski definition) is 2. The second-order valence-corrected chi connectivity index (χ2v) is 4.29. The summed E-state index contributed by atoms with van der Waals surface area (Å²) in [5.74, 6) is -3.87. The topological polar surface area (TPSA) is 83.8 Å². The number of ether oxygens (including phenoxy) is 1. The fraction of sp³-hybridized carbons (Fsp3) is 0.800. The maximum atomic E-state index is 11.1. The highest BCUT2D eigenvalue weighted by molar-refractivity contribution is 5.82. The van der Waals surface area contributed by atoms with E-state index in [4.69, 9.17) is 14.9 Å². The van der Waals surface area contributed by atoms with Gasteiger partial charge in [-0.05, 0) is 19.3 Å². The Kier molecular flexibility index (Phi) is 2.22. The van der Waals surface area contributed by atoms with Crippen LogP contribution in [0.1, 0.15) is 26.2 Å². The van der Waals surface area contributed by atoms with Gasteiger partial charge in [-0.15, -0.1) is 0 Å². The van der Waals surface area contributed by atoms with E-state index >= 15 is 0 Å². The van der Waals surface area contributed by atoms with Gasteiger partial charge in [-0.3, -0.25) is 9.59 Å². The Morgan fingerprint density at radius 2 is 2.07 bits per heavy atom. The quantitative estimate of drug-likeness (QED) is 0.723. The number of fused-ring (bicyclic) bond motifs is 2. The molecule has 0 amide bonds. The maximum absolute atomic E-state index is 11.1. The van der Waals surface area contributed by atoms with Crippen LogP contribution in [-0.4, -0.2) is 33.9 Å². The zero-order chi connectivity index (χ0) is 11.2. The molecule has 2 saturated heterocycles. The summed E-state index contributed by atoms with van der Waals surface area (Å²) < 4.78 is 5.60. The van der Waals surface area contributed by atoms with Crippen molar-refractivity contribution >= 4 is 11.9 Å². The molecule has 2 fully saturated rings. The van der Waals surface area contributed by atoms with Gasteiger partial charge in [0.1, 0.15) is 5.92 Å². The largest absolute Gasteiger partial charge is 0.481 e. The Hall–Kier alpha value is -1.10. The van der Waals surface area contributed by atoms with Crippen LogP contribution in [0.15, 0.2) is 0 Å². The summed E-state index contributed by atoms with van der Waals surface area (Å²) >= 11 is 0. The van der Waals surface area contributed by atoms with Crippen molar-refractivity contribution in [3.63, 3.8) is 0 Å². The highest BCUT2D eigenvalue weighted by atomic mass is 16.5. The van der Waals surface area contributed by atoms with E-state index < -0.39 is 35.5 Å². The molecule has 5 nitrogen and oxygen atoms in total. The van der Waals surface area contributed by atoms with E-state index in [0.717, 1.165) is 0 Å². The summed E-state index contributed by atoms with van der Waals surface area (Å²) in [4.78, 5) is 22.1. The SMILES string of the molecule is CCC12CCC(O1)C(C(=O)O)C2C(=O)O. The molecule has 2 heterocycles. The van der Waals surface area contributed by atoms with Crippen LogP contribution in [0.3, 0.4) is 0 Å². The molecule has 0 aromatic rings. The molecule has 0 aromatic heterocycles. The summed E-state index contributed by atoms with van der Waals surface area (Å²) in [7, 11) is 0. The predicted octanol–water partition coefficient (Wildman–Crippen LogP) is 0.729. The minimum atomic E-state index is -1.05. The minimum Gasteiger partial charge on any atom is -0.481 e. The minimum absolute atomic E-state index is 0.413. The molecule has 4 unspecified atom stereocenters. The van der Waals surface area contributed by atoms with Gasteiger partial charge in [0, 0.05) is 0 Å². The number of carboxylic acid groups (broad SMARTS) is 2. The van der Waals surface area contributed by atoms with Crippen molar-refractivity contribution in [1.29, 1.82) is 0 Å². The van der Waals surface area contributed by atoms with E-state index in [1.54, 1.807) is 0 Å². The zero-order valence-electron chi connectivity index (χ0n) is 8.47. The van der Waals surface area contributed by atoms with Crippen LogP contribution in [-0.2, 0) is 14.3 Å². The Morgan fingerprint density at radius 3 is 2.53 bits per heavy atom. The summed E-state index contributed by atoms with van der Waals surface area (Å²) in [6.07, 6.45) is 1.47. The van der Waals surface area contributed by atoms with Crippen LogP contribution in [0.4, 0.5) is 0 Å². The van der Waals surface area contributed by atoms with Crippen LogP contribution in [0.25, 0.3) is 0 Å². The Labute approximate surface area is 87.0 Å². The average Bonchev–Trinajstić information content (AvgIpc) is 2.72. The Bertz CT molecular complexity index is 313. The Morgan fingerprint density at radius 1 is 1.40 bits per heavy atom. The number of aliphatic carboxylic acids is 2. The fourth-order valence-electron chi connectivity index (χ4n) is 2.99. The smallest absolute Gasteiger partial charge is 0.310 e. The van der Waals surface area contributed by atoms with E-state index in [9.17, 15) is 9.59 Å². The van der Waals surface area contributed by atoms with Crippen LogP contribution in [0.2, 0.25) is 0 Å². The van der Waals surface area contributed by atoms with E-state index in [1.165, 1.54) is 0 Å². The van der Waals surface area contributed by atoms with Crippen molar-refractivity contribution in [2.45, 2.75) is 37.9 Å². The van der Waals surface area contributed by atoms with Gasteiger partial charge in [0.2, 0.25) is 0 Å². The fourth-order valence-corrected chi connectivity index (χ4v) is 2.99. The van der Waals surface area contributed by atoms with Crippen molar-refractivity contribution in [3.05, 3.63) is 0 Å². The van der Waals surface area contributed by atoms with Crippen molar-refractivity contribution in [2.24, 2.45) is 11.8 Å². The number of carboxylic acids is 2. The molecule has 2 bridgehead atoms. The first-order valence-corrected chi connectivity index (χ1v) is 5.15. The summed E-state index contributed by atoms with van der Waals surface area (Å²) in [5.41, 5.74) is -0.737. The van der Waals surface area contributed by atoms with Crippen LogP contribution in [0, 0.1) is 11.8 Å². The molecular formula is C10H14O5. The molecule has 0 aromatic carbocycles. The predicted molar refractivity (Wildman–Crippen MR) is 49.4 cm³/mol. The van der Waals surface area contributed by atoms with E-state index in [1.807, 2.05) is 6.92 Å². The van der Waals surface area contributed by atoms with Gasteiger partial charge in [-0.2, -0.15) is 0 Å². The second kappa shape index (κ2) is 3.20. The molecule has 0 aliphatic carbocycles. The summed E-state index contributed by atoms with van der Waals surface area (Å²) in [6, 6.07) is 0. The molecule has 5 heteroatoms. The molecule has 2 N–H and O–H groups in total. The lowest BCUT2D eigenvalue weighted by atomic mass is 9.70. The third-order valence-corrected chi connectivity index (χ3v) is 3.71. The number of hydrogen-bond acceptors (Lipinski definition) is 3. The molecule has 84 valence electrons. The second-order valence-electron chi connectivity index (χ2n) is 4.29. The molecular weight excluding hydrogens is 200 g/mol. The molecule has 0 radical (unpaired) electrons. The standard InChI is InChI=1S/C10H14O5/c1-2-10-4-3-5(15-10)6(8(11)12)7(10)9(13)14/h5-7H,2-4H2,1H3,(H,11,12)(H,13,14). The summed E-state index contributed by atoms with van der Waals surface area (Å²) in [5, 5.41) is 18.1. The van der Waals surface area contributed by atoms with Gasteiger partial charge < -0.3 is 14.9 Å². The van der Waals surface area contributed by atoms with Crippen LogP contribution >= 0.6 is 0 Å². The zero-order valence-corrected chi connectivity index (χ0v) is 8.47. The van der Waals surface area contributed by atoms with Gasteiger partial charge in [0.25, 0.3) is 0 Å². The number of rotatable bonds is 3. The molecule has 0 saturated carbocycles. The molecule has 2 rings (SSSR count). The van der Waals surface area contributed by atoms with E-state index in [2.05, 4.69) is 0 Å². The van der Waals surface area contributed by atoms with Crippen LogP contribution in [0.5, 0.6) is 0 Å². The first kappa shape index (κ1) is 10.4. The average molecular weight is 214 g/mol. The van der Waals surface area contributed by atoms with Crippen molar-refractivity contribution < 1.29 is 24.5 Å². The lowest BCUT2D eigenvalue weighted by Crippen LogP contribution is -2.45. The number of carbonyl (C=O) groups is 2. The first-order valence-electron chi connectivity index (χ1n) is 5.15. The third kappa shape index (κ3) is 1.26. The molecule has 2 aliphatic heterocycles. The monoisotopic (exact) mass is 214 g/mol. The van der Waals surface area contributed by atoms with E-state index in [0.29, 0.717) is 19.3 Å². The summed E-state index contributed by atoms with van der Waals surface area (Å²) in [6.45, 7) is 1.85. The molecule has 15 heavy (non-hydrogen) atoms. The van der Waals surface area contributed by atoms with E-state index in [-0.39, 0.29) is 0 Å². The molecule has 4 atom stereocenters. The first-order chi connectivity index (χ1) is 7.02. The van der Waals surface area contributed by atoms with Gasteiger partial charge in [0.05, 0.1) is 17.6 Å². The molecule has 0 spiro atoms. The highest BCUT2D eigenvalue weighted by Gasteiger charge is 2.63. The maximum Gasteiger partial charge on any atom is 0.310 e. The van der Waals surface area contributed by atoms with Crippen molar-refractivity contribution in [2.75, 3.05) is 0 Å². The van der Waals surface area contributed by atoms with Gasteiger partial charge in [-0.25, -0.2) is 0 Å². The third-order valence-electron chi connectivity index (χ3n) is 3.71. The van der Waals surface area contributed by atoms with Gasteiger partial charge in [-0.1, -0.05) is 6.92 Å². The molecule has 2 aliphatic rings. The lowest BCUT2D eigenvalue weighted by Gasteiger charge is -2.30. The van der Waals surface area contributed by atoms with Gasteiger partial charge >= 0.3 is 11.9 Å². The Balaban J connectivity index is 2.36. The van der Waals surface area contributed by atoms with Gasteiger partial charge in [0.15, 0.2) is 0 Å². The van der Waals surface area contributed by atoms with Crippen molar-refractivity contribution in [3.8, 4) is 0 Å². The normalized spacial score (nSPS) is 43.1. The highest BCUT2D eigenvalue weighted by Crippen LogP contribution is 2.53. The van der Waals surface area contributed by atoms with Crippen molar-refractivity contribution in [1.82, 2.24) is 0 Å². The lowest BCUT2D eigenvalue weighted by molar-refractivity contribution is -0.156.